The Balaban J connectivity index is 1.28. The van der Waals surface area contributed by atoms with Gasteiger partial charge in [0.25, 0.3) is 0 Å². The highest BCUT2D eigenvalue weighted by Crippen LogP contribution is 2.14. The molecule has 0 fully saturated rings. The molecule has 30 heavy (non-hydrogen) atoms. The lowest BCUT2D eigenvalue weighted by atomic mass is 10.1. The van der Waals surface area contributed by atoms with E-state index in [1.54, 1.807) is 16.8 Å². The number of nitrogens with one attached hydrogen (secondary N) is 3. The van der Waals surface area contributed by atoms with E-state index in [0.29, 0.717) is 18.1 Å². The van der Waals surface area contributed by atoms with Crippen LogP contribution in [0.4, 0.5) is 14.9 Å². The summed E-state index contributed by atoms with van der Waals surface area (Å²) in [6.07, 6.45) is 2.70. The Morgan fingerprint density at radius 3 is 2.63 bits per heavy atom. The van der Waals surface area contributed by atoms with Gasteiger partial charge in [-0.15, -0.1) is 5.10 Å². The molecule has 0 saturated heterocycles. The summed E-state index contributed by atoms with van der Waals surface area (Å²) in [5.41, 5.74) is 2.56. The molecular weight excluding hydrogens is 385 g/mol. The van der Waals surface area contributed by atoms with E-state index in [-0.39, 0.29) is 11.8 Å². The van der Waals surface area contributed by atoms with Crippen molar-refractivity contribution in [3.05, 3.63) is 65.7 Å². The topological polar surface area (TPSA) is 96.8 Å². The van der Waals surface area contributed by atoms with Crippen LogP contribution in [0.15, 0.2) is 48.5 Å². The van der Waals surface area contributed by atoms with Crippen LogP contribution >= 0.6 is 0 Å². The molecule has 0 spiro atoms. The van der Waals surface area contributed by atoms with Gasteiger partial charge in [-0.3, -0.25) is 0 Å². The number of amides is 2. The monoisotopic (exact) mass is 411 g/mol. The van der Waals surface area contributed by atoms with Gasteiger partial charge in [-0.1, -0.05) is 18.2 Å². The quantitative estimate of drug-likeness (QED) is 0.446. The van der Waals surface area contributed by atoms with Crippen molar-refractivity contribution in [3.8, 4) is 5.69 Å². The van der Waals surface area contributed by atoms with E-state index in [2.05, 4.69) is 31.5 Å². The maximum atomic E-state index is 12.9. The molecule has 3 aromatic rings. The van der Waals surface area contributed by atoms with Crippen molar-refractivity contribution in [2.75, 3.05) is 25.0 Å². The first-order chi connectivity index (χ1) is 14.6. The number of halogens is 1. The normalized spacial score (nSPS) is 10.7. The molecular formula is C21H26FN7O. The van der Waals surface area contributed by atoms with E-state index in [9.17, 15) is 9.18 Å². The van der Waals surface area contributed by atoms with Gasteiger partial charge in [0.15, 0.2) is 5.82 Å². The molecule has 1 heterocycles. The summed E-state index contributed by atoms with van der Waals surface area (Å²) < 4.78 is 14.5. The van der Waals surface area contributed by atoms with Crippen molar-refractivity contribution in [2.45, 2.75) is 26.2 Å². The van der Waals surface area contributed by atoms with Gasteiger partial charge in [-0.25, -0.2) is 9.18 Å². The minimum absolute atomic E-state index is 0.210. The summed E-state index contributed by atoms with van der Waals surface area (Å²) >= 11 is 0. The second kappa shape index (κ2) is 11.0. The standard InChI is InChI=1S/C21H26FN7O/c1-16-26-27-28-29(16)20-6-4-5-19(15-20)25-21(30)24-13-3-2-12-23-14-11-17-7-9-18(22)10-8-17/h4-10,15,23H,2-3,11-14H2,1H3,(H2,24,25,30). The number of carbonyl (C=O) groups excluding carboxylic acids is 1. The third-order valence-electron chi connectivity index (χ3n) is 4.54. The number of hydrogen-bond acceptors (Lipinski definition) is 5. The third-order valence-corrected chi connectivity index (χ3v) is 4.54. The highest BCUT2D eigenvalue weighted by molar-refractivity contribution is 5.89. The lowest BCUT2D eigenvalue weighted by Gasteiger charge is -2.09. The molecule has 0 bridgehead atoms. The molecule has 0 aliphatic carbocycles. The number of anilines is 1. The van der Waals surface area contributed by atoms with Crippen LogP contribution in [0, 0.1) is 12.7 Å². The SMILES string of the molecule is Cc1nnnn1-c1cccc(NC(=O)NCCCCNCCc2ccc(F)cc2)c1. The molecule has 0 saturated carbocycles. The van der Waals surface area contributed by atoms with E-state index < -0.39 is 0 Å². The first-order valence-corrected chi connectivity index (χ1v) is 9.97. The van der Waals surface area contributed by atoms with E-state index >= 15 is 0 Å². The maximum absolute atomic E-state index is 12.9. The fourth-order valence-corrected chi connectivity index (χ4v) is 2.95. The lowest BCUT2D eigenvalue weighted by Crippen LogP contribution is -2.30. The molecule has 2 amide bonds. The molecule has 3 rings (SSSR count). The molecule has 0 aliphatic rings. The van der Waals surface area contributed by atoms with E-state index in [1.807, 2.05) is 31.2 Å². The average Bonchev–Trinajstić information content (AvgIpc) is 3.17. The Bertz CT molecular complexity index is 943. The van der Waals surface area contributed by atoms with Crippen molar-refractivity contribution in [1.29, 1.82) is 0 Å². The van der Waals surface area contributed by atoms with Crippen LogP contribution in [-0.4, -0.2) is 45.9 Å². The first kappa shape index (κ1) is 21.4. The molecule has 3 N–H and O–H groups in total. The Labute approximate surface area is 174 Å². The summed E-state index contributed by atoms with van der Waals surface area (Å²) in [4.78, 5) is 12.1. The van der Waals surface area contributed by atoms with E-state index in [1.165, 1.54) is 12.1 Å². The number of aromatic nitrogens is 4. The molecule has 0 atom stereocenters. The molecule has 1 aromatic heterocycles. The highest BCUT2D eigenvalue weighted by Gasteiger charge is 2.06. The van der Waals surface area contributed by atoms with Crippen LogP contribution in [0.25, 0.3) is 5.69 Å². The van der Waals surface area contributed by atoms with Crippen molar-refractivity contribution in [1.82, 2.24) is 30.8 Å². The Morgan fingerprint density at radius 1 is 1.07 bits per heavy atom. The number of benzene rings is 2. The number of rotatable bonds is 10. The van der Waals surface area contributed by atoms with E-state index in [0.717, 1.165) is 43.6 Å². The maximum Gasteiger partial charge on any atom is 0.319 e. The van der Waals surface area contributed by atoms with Crippen LogP contribution in [-0.2, 0) is 6.42 Å². The number of unbranched alkanes of at least 4 members (excludes halogenated alkanes) is 1. The van der Waals surface area contributed by atoms with Gasteiger partial charge in [0, 0.05) is 12.2 Å². The molecule has 9 heteroatoms. The zero-order valence-corrected chi connectivity index (χ0v) is 16.9. The second-order valence-corrected chi connectivity index (χ2v) is 6.90. The summed E-state index contributed by atoms with van der Waals surface area (Å²) in [6.45, 7) is 4.12. The fourth-order valence-electron chi connectivity index (χ4n) is 2.95. The lowest BCUT2D eigenvalue weighted by molar-refractivity contribution is 0.252. The van der Waals surface area contributed by atoms with Crippen LogP contribution in [0.2, 0.25) is 0 Å². The van der Waals surface area contributed by atoms with Crippen molar-refractivity contribution in [3.63, 3.8) is 0 Å². The van der Waals surface area contributed by atoms with Gasteiger partial charge < -0.3 is 16.0 Å². The number of aryl methyl sites for hydroxylation is 1. The summed E-state index contributed by atoms with van der Waals surface area (Å²) in [7, 11) is 0. The predicted octanol–water partition coefficient (Wildman–Crippen LogP) is 2.84. The number of tetrazole rings is 1. The van der Waals surface area contributed by atoms with Gasteiger partial charge >= 0.3 is 6.03 Å². The average molecular weight is 411 g/mol. The van der Waals surface area contributed by atoms with Crippen molar-refractivity contribution >= 4 is 11.7 Å². The minimum atomic E-state index is -0.246. The van der Waals surface area contributed by atoms with Gasteiger partial charge in [-0.2, -0.15) is 4.68 Å². The van der Waals surface area contributed by atoms with Crippen LogP contribution in [0.5, 0.6) is 0 Å². The fraction of sp³-hybridized carbons (Fsp3) is 0.333. The Hall–Kier alpha value is -3.33. The van der Waals surface area contributed by atoms with Gasteiger partial charge in [0.2, 0.25) is 0 Å². The van der Waals surface area contributed by atoms with Crippen molar-refractivity contribution < 1.29 is 9.18 Å². The third kappa shape index (κ3) is 6.63. The van der Waals surface area contributed by atoms with Crippen LogP contribution in [0.1, 0.15) is 24.2 Å². The predicted molar refractivity (Wildman–Crippen MR) is 113 cm³/mol. The van der Waals surface area contributed by atoms with Gasteiger partial charge in [0.1, 0.15) is 5.82 Å². The number of nitrogens with zero attached hydrogens (tertiary/aromatic N) is 4. The minimum Gasteiger partial charge on any atom is -0.338 e. The zero-order chi connectivity index (χ0) is 21.2. The zero-order valence-electron chi connectivity index (χ0n) is 16.9. The smallest absolute Gasteiger partial charge is 0.319 e. The van der Waals surface area contributed by atoms with Crippen LogP contribution < -0.4 is 16.0 Å². The molecule has 0 radical (unpaired) electrons. The first-order valence-electron chi connectivity index (χ1n) is 9.97. The van der Waals surface area contributed by atoms with Gasteiger partial charge in [0.05, 0.1) is 5.69 Å². The Morgan fingerprint density at radius 2 is 1.87 bits per heavy atom. The summed E-state index contributed by atoms with van der Waals surface area (Å²) in [5, 5.41) is 20.5. The molecule has 158 valence electrons. The Kier molecular flexibility index (Phi) is 7.85. The number of urea groups is 1. The summed E-state index contributed by atoms with van der Waals surface area (Å²) in [5.74, 6) is 0.460. The van der Waals surface area contributed by atoms with Crippen LogP contribution in [0.3, 0.4) is 0 Å². The van der Waals surface area contributed by atoms with Gasteiger partial charge in [-0.05, 0) is 85.6 Å². The molecule has 0 aliphatic heterocycles. The molecule has 2 aromatic carbocycles. The van der Waals surface area contributed by atoms with E-state index in [4.69, 9.17) is 0 Å². The summed E-state index contributed by atoms with van der Waals surface area (Å²) in [6, 6.07) is 13.7. The van der Waals surface area contributed by atoms with Crippen molar-refractivity contribution in [2.24, 2.45) is 0 Å². The number of hydrogen-bond donors (Lipinski definition) is 3. The second-order valence-electron chi connectivity index (χ2n) is 6.90. The molecule has 0 unspecified atom stereocenters. The number of carbonyl (C=O) groups is 1. The largest absolute Gasteiger partial charge is 0.338 e. The molecule has 8 nitrogen and oxygen atoms in total. The highest BCUT2D eigenvalue weighted by atomic mass is 19.1.